The molecule has 3 unspecified atom stereocenters. The first-order valence-electron chi connectivity index (χ1n) is 28.8. The highest BCUT2D eigenvalue weighted by Gasteiger charge is 2.27. The van der Waals surface area contributed by atoms with Crippen LogP contribution >= 0.6 is 115 Å². The number of carbonyl (C=O) groups is 1. The van der Waals surface area contributed by atoms with Crippen LogP contribution in [0.4, 0.5) is 0 Å². The smallest absolute Gasteiger partial charge is 0.150 e. The van der Waals surface area contributed by atoms with Crippen molar-refractivity contribution in [2.45, 2.75) is 82.5 Å². The number of nitriles is 2. The minimum Gasteiger partial charge on any atom is -0.497 e. The predicted octanol–water partition coefficient (Wildman–Crippen LogP) is 19.7. The number of nitrogens with two attached hydrogens (primary N) is 3. The van der Waals surface area contributed by atoms with Gasteiger partial charge >= 0.3 is 0 Å². The van der Waals surface area contributed by atoms with E-state index in [4.69, 9.17) is 42.4 Å². The van der Waals surface area contributed by atoms with Gasteiger partial charge in [0.25, 0.3) is 0 Å². The zero-order valence-electron chi connectivity index (χ0n) is 52.5. The van der Waals surface area contributed by atoms with Gasteiger partial charge in [-0.3, -0.25) is 19.8 Å². The first kappa shape index (κ1) is 75.6. The van der Waals surface area contributed by atoms with Gasteiger partial charge in [-0.25, -0.2) is 10.0 Å². The number of hydrogen-bond donors (Lipinski definition) is 3. The van der Waals surface area contributed by atoms with Crippen molar-refractivity contribution in [1.29, 1.82) is 10.5 Å². The normalized spacial score (nSPS) is 15.0. The van der Waals surface area contributed by atoms with Gasteiger partial charge in [0.05, 0.1) is 47.9 Å². The Bertz CT molecular complexity index is 4360. The molecular weight excluding hydrogens is 1480 g/mol. The van der Waals surface area contributed by atoms with E-state index in [0.29, 0.717) is 23.1 Å². The predicted molar refractivity (Wildman–Crippen MR) is 419 cm³/mol. The SMILES string of the molecule is C.COc1cccc(-c2cccc(C3Cc4ccsc4C(N)=N3)c2)c1.CS(C)(C)c1cc2c(s1)C(N)=NC(c1cccc(Br)c1)C2.Cc1cc([Si](C)(C)C)sc1C#N.Cc1ccsc1C#N.NC1=NC(c2cccc(Br)c2)Cc2ccsc21.O=Cc1cccc(Br)c1.[2HH].[B]. The van der Waals surface area contributed by atoms with Gasteiger partial charge in [-0.2, -0.15) is 10.5 Å². The summed E-state index contributed by atoms with van der Waals surface area (Å²) in [5.41, 5.74) is 31.2. The maximum atomic E-state index is 10.1. The van der Waals surface area contributed by atoms with Gasteiger partial charge in [0.2, 0.25) is 0 Å². The molecule has 3 atom stereocenters. The zero-order chi connectivity index (χ0) is 65.6. The molecule has 0 fully saturated rings. The van der Waals surface area contributed by atoms with Gasteiger partial charge in [0.1, 0.15) is 51.4 Å². The fraction of sp³-hybridized carbons (Fsp3) is 0.222. The van der Waals surface area contributed by atoms with Crippen LogP contribution in [0.25, 0.3) is 11.1 Å². The summed E-state index contributed by atoms with van der Waals surface area (Å²) in [4.78, 5) is 29.3. The number of rotatable bonds is 8. The van der Waals surface area contributed by atoms with E-state index >= 15 is 0 Å². The molecule has 93 heavy (non-hydrogen) atoms. The van der Waals surface area contributed by atoms with E-state index in [-0.39, 0.29) is 35.4 Å². The number of aryl methyl sites for hydroxylation is 2. The van der Waals surface area contributed by atoms with Gasteiger partial charge in [0, 0.05) is 52.3 Å². The molecule has 0 amide bonds. The van der Waals surface area contributed by atoms with Crippen LogP contribution < -0.4 is 26.4 Å². The summed E-state index contributed by atoms with van der Waals surface area (Å²) in [5.74, 6) is 2.89. The molecule has 481 valence electrons. The standard InChI is InChI=1S/C20H18N2OS.C16H19BrN2S2.C13H11BrN2S.C9H13NSSi.C7H5BrO.C6H5NS.CH4.B.H2/c1-23-17-7-3-5-14(11-17)13-4-2-6-15(10-13)18-12-16-8-9-24-19(16)20(21)22-18;1-21(2,3)14-9-11-8-13(19-16(18)15(11)20-14)10-5-4-6-12(17)7-10;14-10-3-1-2-8(6-10)11-7-9-4-5-17-12(9)13(15)16-11;1-7-5-9(12(2,3)4)11-8(7)6-10;8-7-3-1-2-6(4-7)5-9;1-5-2-3-8-6(5)4-7;;;/h2-11,18H,12H2,1H3,(H2,21,22);4-7,9,13H,8H2,1-3H3,(H2,18,19);1-6,11H,7H2,(H2,15,16);5H,1-4H3;1-5H;2-3H,1H3;1H4;;1H/i;;;;;;;;1+1. The van der Waals surface area contributed by atoms with Gasteiger partial charge in [0.15, 0.2) is 0 Å². The van der Waals surface area contributed by atoms with Crippen molar-refractivity contribution >= 4 is 159 Å². The van der Waals surface area contributed by atoms with Crippen molar-refractivity contribution < 1.29 is 11.0 Å². The van der Waals surface area contributed by atoms with Crippen LogP contribution in [0.15, 0.2) is 200 Å². The third kappa shape index (κ3) is 20.8. The Balaban J connectivity index is 0.000000211. The maximum absolute atomic E-state index is 10.1. The van der Waals surface area contributed by atoms with Crippen LogP contribution in [-0.2, 0) is 19.3 Å². The molecule has 8 heterocycles. The lowest BCUT2D eigenvalue weighted by atomic mass is 9.94. The molecule has 10 aromatic rings. The highest BCUT2D eigenvalue weighted by molar-refractivity contribution is 9.11. The van der Waals surface area contributed by atoms with Gasteiger partial charge < -0.3 is 21.9 Å². The number of carbonyl (C=O) groups excluding carboxylic acids is 1. The second kappa shape index (κ2) is 34.8. The molecule has 21 heteroatoms. The number of halogens is 3. The maximum Gasteiger partial charge on any atom is 0.150 e. The number of benzene rings is 5. The lowest BCUT2D eigenvalue weighted by Crippen LogP contribution is -2.34. The number of thiophene rings is 5. The molecule has 13 rings (SSSR count). The van der Waals surface area contributed by atoms with E-state index < -0.39 is 18.1 Å². The van der Waals surface area contributed by atoms with Crippen molar-refractivity contribution in [1.82, 2.24) is 0 Å². The molecule has 0 spiro atoms. The van der Waals surface area contributed by atoms with Crippen molar-refractivity contribution in [2.75, 3.05) is 25.9 Å². The van der Waals surface area contributed by atoms with Crippen LogP contribution in [0.1, 0.15) is 106 Å². The summed E-state index contributed by atoms with van der Waals surface area (Å²) >= 11 is 18.6. The molecule has 6 N–H and O–H groups in total. The fourth-order valence-electron chi connectivity index (χ4n) is 9.72. The van der Waals surface area contributed by atoms with Crippen LogP contribution in [0.3, 0.4) is 0 Å². The lowest BCUT2D eigenvalue weighted by Gasteiger charge is -2.22. The minimum absolute atomic E-state index is 0. The number of aldehydes is 1. The number of hydrogen-bond acceptors (Lipinski definition) is 15. The molecule has 0 saturated heterocycles. The lowest BCUT2D eigenvalue weighted by molar-refractivity contribution is 0.112. The molecule has 3 radical (unpaired) electrons. The number of ether oxygens (including phenoxy) is 1. The van der Waals surface area contributed by atoms with E-state index in [1.165, 1.54) is 58.3 Å². The Kier molecular flexibility index (Phi) is 28.3. The number of amidine groups is 3. The third-order valence-corrected chi connectivity index (χ3v) is 27.7. The van der Waals surface area contributed by atoms with Crippen molar-refractivity contribution in [3.8, 4) is 29.0 Å². The second-order valence-corrected chi connectivity index (χ2v) is 40.6. The molecule has 3 aliphatic rings. The Hall–Kier alpha value is -6.47. The first-order chi connectivity index (χ1) is 43.4. The summed E-state index contributed by atoms with van der Waals surface area (Å²) in [7, 11) is -0.213. The Morgan fingerprint density at radius 3 is 1.45 bits per heavy atom. The largest absolute Gasteiger partial charge is 0.497 e. The van der Waals surface area contributed by atoms with E-state index in [1.807, 2.05) is 79.1 Å². The van der Waals surface area contributed by atoms with Gasteiger partial charge in [-0.15, -0.1) is 56.7 Å². The van der Waals surface area contributed by atoms with E-state index in [1.54, 1.807) is 53.3 Å². The van der Waals surface area contributed by atoms with Crippen LogP contribution in [0, 0.1) is 36.5 Å². The minimum atomic E-state index is -1.19. The Labute approximate surface area is 600 Å². The number of nitrogens with zero attached hydrogens (tertiary/aromatic N) is 5. The molecule has 5 aromatic heterocycles. The summed E-state index contributed by atoms with van der Waals surface area (Å²) in [6.45, 7) is 10.9. The summed E-state index contributed by atoms with van der Waals surface area (Å²) in [5, 5.41) is 23.2. The molecule has 0 aliphatic carbocycles. The van der Waals surface area contributed by atoms with Crippen LogP contribution in [-0.4, -0.2) is 66.2 Å². The highest BCUT2D eigenvalue weighted by atomic mass is 79.9. The van der Waals surface area contributed by atoms with E-state index in [0.717, 1.165) is 86.5 Å². The van der Waals surface area contributed by atoms with E-state index in [9.17, 15) is 4.79 Å². The third-order valence-electron chi connectivity index (χ3n) is 14.6. The molecule has 10 nitrogen and oxygen atoms in total. The van der Waals surface area contributed by atoms with E-state index in [2.05, 4.69) is 205 Å². The summed E-state index contributed by atoms with van der Waals surface area (Å²) in [6.07, 6.45) is 10.6. The molecule has 5 aromatic carbocycles. The first-order valence-corrected chi connectivity index (χ1v) is 41.8. The number of methoxy groups -OCH3 is 1. The monoisotopic (exact) mass is 1550 g/mol. The highest BCUT2D eigenvalue weighted by Crippen LogP contribution is 2.51. The second-order valence-electron chi connectivity index (χ2n) is 23.2. The number of aliphatic imine (C=N–C) groups is 3. The average Bonchev–Trinajstić information content (AvgIpc) is 1.68. The Morgan fingerprint density at radius 1 is 0.570 bits per heavy atom. The quantitative estimate of drug-likeness (QED) is 0.0996. The van der Waals surface area contributed by atoms with Crippen molar-refractivity contribution in [3.05, 3.63) is 256 Å². The zero-order valence-corrected chi connectivity index (χ0v) is 63.2. The topological polar surface area (TPSA) is 189 Å². The van der Waals surface area contributed by atoms with Gasteiger partial charge in [-0.05, 0) is 194 Å². The van der Waals surface area contributed by atoms with Crippen LogP contribution in [0.5, 0.6) is 5.75 Å². The van der Waals surface area contributed by atoms with Crippen molar-refractivity contribution in [3.63, 3.8) is 0 Å². The van der Waals surface area contributed by atoms with Crippen LogP contribution in [0.2, 0.25) is 19.6 Å². The number of fused-ring (bicyclic) bond motifs is 3. The Morgan fingerprint density at radius 2 is 1.03 bits per heavy atom. The van der Waals surface area contributed by atoms with Crippen molar-refractivity contribution in [2.24, 2.45) is 32.2 Å². The average molecular weight is 1560 g/mol. The molecule has 0 saturated carbocycles. The fourth-order valence-corrected chi connectivity index (χ4v) is 18.9. The molecule has 0 bridgehead atoms. The summed E-state index contributed by atoms with van der Waals surface area (Å²) in [6, 6.07) is 56.0. The molecule has 3 aliphatic heterocycles. The molecular formula is C72H77BBr3N8O2S6Si. The van der Waals surface area contributed by atoms with Gasteiger partial charge in [-0.1, -0.05) is 142 Å². The summed E-state index contributed by atoms with van der Waals surface area (Å²) < 4.78 is 11.3.